The van der Waals surface area contributed by atoms with Crippen molar-refractivity contribution in [2.75, 3.05) is 0 Å². The average Bonchev–Trinajstić information content (AvgIpc) is 2.54. The van der Waals surface area contributed by atoms with Gasteiger partial charge in [-0.05, 0) is 30.3 Å². The summed E-state index contributed by atoms with van der Waals surface area (Å²) in [7, 11) is 0. The molecule has 0 aliphatic rings. The number of rotatable bonds is 2. The summed E-state index contributed by atoms with van der Waals surface area (Å²) in [6.45, 7) is 0. The summed E-state index contributed by atoms with van der Waals surface area (Å²) < 4.78 is 6.01. The molecule has 0 saturated carbocycles. The van der Waals surface area contributed by atoms with Crippen molar-refractivity contribution in [2.45, 2.75) is 0 Å². The first kappa shape index (κ1) is 14.5. The van der Waals surface area contributed by atoms with Crippen LogP contribution in [0.3, 0.4) is 0 Å². The number of nitrogen functional groups attached to an aromatic ring is 1. The predicted molar refractivity (Wildman–Crippen MR) is 87.3 cm³/mol. The molecule has 1 amide bonds. The molecule has 6 heteroatoms. The number of carbonyl (C=O) groups excluding carboxylic acids is 1. The Morgan fingerprint density at radius 3 is 2.64 bits per heavy atom. The van der Waals surface area contributed by atoms with Gasteiger partial charge in [0.15, 0.2) is 0 Å². The summed E-state index contributed by atoms with van der Waals surface area (Å²) in [4.78, 5) is 23.9. The van der Waals surface area contributed by atoms with E-state index in [0.717, 1.165) is 5.39 Å². The molecule has 0 radical (unpaired) electrons. The Bertz CT molecular complexity index is 934. The smallest absolute Gasteiger partial charge is 0.344 e. The third-order valence-electron chi connectivity index (χ3n) is 3.29. The SMILES string of the molecule is NNC(=O)c1ccc(Br)c(-c2cc3ccccc3oc2=O)c1. The number of para-hydroxylation sites is 1. The lowest BCUT2D eigenvalue weighted by atomic mass is 10.0. The van der Waals surface area contributed by atoms with E-state index in [4.69, 9.17) is 10.3 Å². The number of amides is 1. The number of hydrogen-bond donors (Lipinski definition) is 2. The van der Waals surface area contributed by atoms with Crippen LogP contribution in [0.5, 0.6) is 0 Å². The van der Waals surface area contributed by atoms with Crippen molar-refractivity contribution in [1.82, 2.24) is 5.43 Å². The molecule has 0 bridgehead atoms. The lowest BCUT2D eigenvalue weighted by Gasteiger charge is -2.07. The average molecular weight is 359 g/mol. The van der Waals surface area contributed by atoms with Crippen LogP contribution < -0.4 is 16.9 Å². The molecule has 3 aromatic rings. The molecular weight excluding hydrogens is 348 g/mol. The molecule has 110 valence electrons. The summed E-state index contributed by atoms with van der Waals surface area (Å²) in [5.41, 5.74) is 3.41. The maximum atomic E-state index is 12.2. The molecular formula is C16H11BrN2O3. The summed E-state index contributed by atoms with van der Waals surface area (Å²) in [6, 6.07) is 13.9. The van der Waals surface area contributed by atoms with E-state index in [2.05, 4.69) is 21.4 Å². The fourth-order valence-electron chi connectivity index (χ4n) is 2.21. The van der Waals surface area contributed by atoms with E-state index >= 15 is 0 Å². The number of halogens is 1. The van der Waals surface area contributed by atoms with Crippen LogP contribution in [0.1, 0.15) is 10.4 Å². The van der Waals surface area contributed by atoms with Crippen molar-refractivity contribution in [1.29, 1.82) is 0 Å². The molecule has 1 heterocycles. The predicted octanol–water partition coefficient (Wildman–Crippen LogP) is 2.83. The second kappa shape index (κ2) is 5.75. The quantitative estimate of drug-likeness (QED) is 0.319. The maximum Gasteiger partial charge on any atom is 0.344 e. The van der Waals surface area contributed by atoms with Crippen molar-refractivity contribution in [2.24, 2.45) is 5.84 Å². The van der Waals surface area contributed by atoms with Crippen molar-refractivity contribution >= 4 is 32.8 Å². The second-order valence-electron chi connectivity index (χ2n) is 4.65. The van der Waals surface area contributed by atoms with E-state index in [-0.39, 0.29) is 0 Å². The highest BCUT2D eigenvalue weighted by Gasteiger charge is 2.13. The zero-order chi connectivity index (χ0) is 15.7. The highest BCUT2D eigenvalue weighted by molar-refractivity contribution is 9.10. The maximum absolute atomic E-state index is 12.2. The van der Waals surface area contributed by atoms with Gasteiger partial charge < -0.3 is 4.42 Å². The summed E-state index contributed by atoms with van der Waals surface area (Å²) in [6.07, 6.45) is 0. The lowest BCUT2D eigenvalue weighted by Crippen LogP contribution is -2.29. The van der Waals surface area contributed by atoms with Crippen molar-refractivity contribution in [3.05, 3.63) is 69.0 Å². The van der Waals surface area contributed by atoms with E-state index in [1.54, 1.807) is 36.4 Å². The van der Waals surface area contributed by atoms with Gasteiger partial charge in [0, 0.05) is 21.0 Å². The monoisotopic (exact) mass is 358 g/mol. The van der Waals surface area contributed by atoms with Crippen LogP contribution >= 0.6 is 15.9 Å². The number of hydrogen-bond acceptors (Lipinski definition) is 4. The minimum Gasteiger partial charge on any atom is -0.422 e. The fraction of sp³-hybridized carbons (Fsp3) is 0. The molecule has 1 aromatic heterocycles. The van der Waals surface area contributed by atoms with Gasteiger partial charge >= 0.3 is 5.63 Å². The van der Waals surface area contributed by atoms with Gasteiger partial charge in [0.2, 0.25) is 0 Å². The van der Waals surface area contributed by atoms with Crippen LogP contribution in [-0.4, -0.2) is 5.91 Å². The van der Waals surface area contributed by atoms with Gasteiger partial charge in [0.25, 0.3) is 5.91 Å². The topological polar surface area (TPSA) is 85.3 Å². The van der Waals surface area contributed by atoms with Crippen molar-refractivity contribution in [3.63, 3.8) is 0 Å². The van der Waals surface area contributed by atoms with Gasteiger partial charge in [-0.15, -0.1) is 0 Å². The van der Waals surface area contributed by atoms with Crippen molar-refractivity contribution < 1.29 is 9.21 Å². The molecule has 0 fully saturated rings. The first-order valence-corrected chi connectivity index (χ1v) is 7.23. The number of nitrogens with one attached hydrogen (secondary N) is 1. The third-order valence-corrected chi connectivity index (χ3v) is 3.98. The van der Waals surface area contributed by atoms with E-state index in [9.17, 15) is 9.59 Å². The Balaban J connectivity index is 2.24. The molecule has 5 nitrogen and oxygen atoms in total. The number of benzene rings is 2. The van der Waals surface area contributed by atoms with Crippen LogP contribution in [0, 0.1) is 0 Å². The third kappa shape index (κ3) is 2.54. The molecule has 2 aromatic carbocycles. The Morgan fingerprint density at radius 1 is 1.09 bits per heavy atom. The normalized spacial score (nSPS) is 10.6. The lowest BCUT2D eigenvalue weighted by molar-refractivity contribution is 0.0953. The largest absolute Gasteiger partial charge is 0.422 e. The Labute approximate surface area is 133 Å². The minimum atomic E-state index is -0.468. The van der Waals surface area contributed by atoms with Crippen LogP contribution in [0.4, 0.5) is 0 Å². The Kier molecular flexibility index (Phi) is 3.79. The van der Waals surface area contributed by atoms with E-state index < -0.39 is 11.5 Å². The van der Waals surface area contributed by atoms with Crippen LogP contribution in [-0.2, 0) is 0 Å². The number of fused-ring (bicyclic) bond motifs is 1. The van der Waals surface area contributed by atoms with Crippen LogP contribution in [0.25, 0.3) is 22.1 Å². The first-order chi connectivity index (χ1) is 10.6. The molecule has 3 rings (SSSR count). The molecule has 0 saturated heterocycles. The number of hydrazine groups is 1. The summed E-state index contributed by atoms with van der Waals surface area (Å²) >= 11 is 3.39. The molecule has 0 unspecified atom stereocenters. The van der Waals surface area contributed by atoms with Gasteiger partial charge in [-0.25, -0.2) is 10.6 Å². The molecule has 3 N–H and O–H groups in total. The van der Waals surface area contributed by atoms with Gasteiger partial charge in [-0.2, -0.15) is 0 Å². The molecule has 0 atom stereocenters. The highest BCUT2D eigenvalue weighted by atomic mass is 79.9. The van der Waals surface area contributed by atoms with Crippen LogP contribution in [0.15, 0.2) is 62.2 Å². The van der Waals surface area contributed by atoms with Gasteiger partial charge in [0.1, 0.15) is 5.58 Å². The first-order valence-electron chi connectivity index (χ1n) is 6.44. The highest BCUT2D eigenvalue weighted by Crippen LogP contribution is 2.29. The van der Waals surface area contributed by atoms with E-state index in [0.29, 0.717) is 26.7 Å². The standard InChI is InChI=1S/C16H11BrN2O3/c17-13-6-5-10(15(20)19-18)8-11(13)12-7-9-3-1-2-4-14(9)22-16(12)21/h1-8H,18H2,(H,19,20). The molecule has 0 spiro atoms. The zero-order valence-electron chi connectivity index (χ0n) is 11.3. The second-order valence-corrected chi connectivity index (χ2v) is 5.51. The van der Waals surface area contributed by atoms with Crippen molar-refractivity contribution in [3.8, 4) is 11.1 Å². The van der Waals surface area contributed by atoms with Gasteiger partial charge in [-0.1, -0.05) is 34.1 Å². The number of nitrogens with two attached hydrogens (primary N) is 1. The van der Waals surface area contributed by atoms with Gasteiger partial charge in [0.05, 0.1) is 5.56 Å². The molecule has 0 aliphatic heterocycles. The van der Waals surface area contributed by atoms with Crippen LogP contribution in [0.2, 0.25) is 0 Å². The summed E-state index contributed by atoms with van der Waals surface area (Å²) in [5, 5.41) is 0.803. The van der Waals surface area contributed by atoms with Gasteiger partial charge in [-0.3, -0.25) is 10.2 Å². The number of carbonyl (C=O) groups is 1. The van der Waals surface area contributed by atoms with E-state index in [1.165, 1.54) is 0 Å². The molecule has 22 heavy (non-hydrogen) atoms. The Morgan fingerprint density at radius 2 is 1.86 bits per heavy atom. The minimum absolute atomic E-state index is 0.355. The fourth-order valence-corrected chi connectivity index (χ4v) is 2.67. The molecule has 0 aliphatic carbocycles. The Hall–Kier alpha value is -2.44. The zero-order valence-corrected chi connectivity index (χ0v) is 12.9. The van der Waals surface area contributed by atoms with E-state index in [1.807, 2.05) is 12.1 Å². The summed E-state index contributed by atoms with van der Waals surface area (Å²) in [5.74, 6) is 4.71.